The van der Waals surface area contributed by atoms with Crippen molar-refractivity contribution < 1.29 is 18.7 Å². The van der Waals surface area contributed by atoms with Gasteiger partial charge in [-0.05, 0) is 43.3 Å². The first kappa shape index (κ1) is 18.5. The van der Waals surface area contributed by atoms with Gasteiger partial charge in [-0.1, -0.05) is 28.1 Å². The number of rotatable bonds is 6. The van der Waals surface area contributed by atoms with Gasteiger partial charge in [0.05, 0.1) is 11.4 Å². The van der Waals surface area contributed by atoms with E-state index >= 15 is 0 Å². The van der Waals surface area contributed by atoms with Crippen LogP contribution in [0.5, 0.6) is 0 Å². The van der Waals surface area contributed by atoms with Crippen molar-refractivity contribution in [1.82, 2.24) is 0 Å². The molecule has 0 aliphatic heterocycles. The molecule has 2 rings (SSSR count). The molecular formula is C17H15BrFNO3S. The number of amides is 1. The Labute approximate surface area is 151 Å². The predicted molar refractivity (Wildman–Crippen MR) is 95.4 cm³/mol. The van der Waals surface area contributed by atoms with E-state index in [1.54, 1.807) is 6.07 Å². The number of anilines is 1. The van der Waals surface area contributed by atoms with Crippen LogP contribution < -0.4 is 5.32 Å². The summed E-state index contributed by atoms with van der Waals surface area (Å²) < 4.78 is 19.5. The number of carbonyl (C=O) groups is 2. The molecule has 0 aliphatic carbocycles. The Hall–Kier alpha value is -1.86. The normalized spacial score (nSPS) is 11.6. The number of halogens is 2. The highest BCUT2D eigenvalue weighted by Crippen LogP contribution is 2.21. The fourth-order valence-corrected chi connectivity index (χ4v) is 2.70. The molecular weight excluding hydrogens is 397 g/mol. The number of ether oxygens (including phenoxy) is 1. The third-order valence-corrected chi connectivity index (χ3v) is 4.49. The monoisotopic (exact) mass is 411 g/mol. The summed E-state index contributed by atoms with van der Waals surface area (Å²) in [6.45, 7) is 1.44. The number of nitrogens with one attached hydrogen (secondary N) is 1. The van der Waals surface area contributed by atoms with E-state index in [0.29, 0.717) is 0 Å². The highest BCUT2D eigenvalue weighted by molar-refractivity contribution is 9.10. The Kier molecular flexibility index (Phi) is 6.81. The number of hydrogen-bond donors (Lipinski definition) is 1. The molecule has 24 heavy (non-hydrogen) atoms. The molecule has 0 aromatic heterocycles. The molecule has 7 heteroatoms. The highest BCUT2D eigenvalue weighted by atomic mass is 79.9. The van der Waals surface area contributed by atoms with E-state index < -0.39 is 23.8 Å². The number of hydrogen-bond acceptors (Lipinski definition) is 4. The lowest BCUT2D eigenvalue weighted by Gasteiger charge is -2.13. The van der Waals surface area contributed by atoms with Gasteiger partial charge in [0.15, 0.2) is 6.10 Å². The number of para-hydroxylation sites is 1. The minimum atomic E-state index is -1.01. The molecule has 1 amide bonds. The molecule has 0 saturated heterocycles. The van der Waals surface area contributed by atoms with E-state index in [2.05, 4.69) is 21.2 Å². The van der Waals surface area contributed by atoms with Gasteiger partial charge in [0, 0.05) is 9.37 Å². The lowest BCUT2D eigenvalue weighted by Crippen LogP contribution is -2.30. The molecule has 0 fully saturated rings. The molecule has 0 saturated carbocycles. The molecule has 2 aromatic carbocycles. The first-order valence-electron chi connectivity index (χ1n) is 7.09. The number of esters is 1. The lowest BCUT2D eigenvalue weighted by atomic mass is 10.3. The van der Waals surface area contributed by atoms with Gasteiger partial charge in [-0.25, -0.2) is 4.39 Å². The van der Waals surface area contributed by atoms with Gasteiger partial charge < -0.3 is 10.1 Å². The number of thioether (sulfide) groups is 1. The summed E-state index contributed by atoms with van der Waals surface area (Å²) in [4.78, 5) is 24.7. The van der Waals surface area contributed by atoms with Gasteiger partial charge in [0.2, 0.25) is 0 Å². The van der Waals surface area contributed by atoms with Gasteiger partial charge in [0.1, 0.15) is 5.82 Å². The summed E-state index contributed by atoms with van der Waals surface area (Å²) in [6, 6.07) is 13.3. The quantitative estimate of drug-likeness (QED) is 0.570. The SMILES string of the molecule is C[C@@H](OC(=O)CSc1ccc(Br)cc1)C(=O)Nc1ccccc1F. The molecule has 0 bridgehead atoms. The second kappa shape index (κ2) is 8.84. The zero-order valence-electron chi connectivity index (χ0n) is 12.8. The van der Waals surface area contributed by atoms with Gasteiger partial charge in [0.25, 0.3) is 5.91 Å². The van der Waals surface area contributed by atoms with Gasteiger partial charge in [-0.15, -0.1) is 11.8 Å². The van der Waals surface area contributed by atoms with E-state index in [9.17, 15) is 14.0 Å². The maximum absolute atomic E-state index is 13.5. The molecule has 0 radical (unpaired) electrons. The van der Waals surface area contributed by atoms with Gasteiger partial charge in [-0.2, -0.15) is 0 Å². The van der Waals surface area contributed by atoms with E-state index in [1.165, 1.54) is 36.9 Å². The third kappa shape index (κ3) is 5.65. The minimum absolute atomic E-state index is 0.0506. The highest BCUT2D eigenvalue weighted by Gasteiger charge is 2.19. The van der Waals surface area contributed by atoms with Crippen LogP contribution in [0.1, 0.15) is 6.92 Å². The Morgan fingerprint density at radius 3 is 2.54 bits per heavy atom. The molecule has 0 spiro atoms. The smallest absolute Gasteiger partial charge is 0.317 e. The summed E-state index contributed by atoms with van der Waals surface area (Å²) in [5, 5.41) is 2.39. The third-order valence-electron chi connectivity index (χ3n) is 2.98. The summed E-state index contributed by atoms with van der Waals surface area (Å²) in [5.41, 5.74) is 0.0506. The van der Waals surface area contributed by atoms with Crippen LogP contribution in [0.3, 0.4) is 0 Å². The average Bonchev–Trinajstić information content (AvgIpc) is 2.56. The van der Waals surface area contributed by atoms with E-state index in [1.807, 2.05) is 24.3 Å². The van der Waals surface area contributed by atoms with Crippen LogP contribution in [0.4, 0.5) is 10.1 Å². The van der Waals surface area contributed by atoms with Crippen molar-refractivity contribution >= 4 is 45.3 Å². The van der Waals surface area contributed by atoms with Crippen LogP contribution in [-0.2, 0) is 14.3 Å². The van der Waals surface area contributed by atoms with Crippen LogP contribution in [-0.4, -0.2) is 23.7 Å². The fourth-order valence-electron chi connectivity index (χ4n) is 1.75. The molecule has 0 unspecified atom stereocenters. The average molecular weight is 412 g/mol. The van der Waals surface area contributed by atoms with Crippen LogP contribution in [0.15, 0.2) is 57.9 Å². The van der Waals surface area contributed by atoms with E-state index in [-0.39, 0.29) is 11.4 Å². The Bertz CT molecular complexity index is 724. The van der Waals surface area contributed by atoms with Gasteiger partial charge >= 0.3 is 5.97 Å². The standard InChI is InChI=1S/C17H15BrFNO3S/c1-11(17(22)20-15-5-3-2-4-14(15)19)23-16(21)10-24-13-8-6-12(18)7-9-13/h2-9,11H,10H2,1H3,(H,20,22)/t11-/m1/s1. The summed E-state index contributed by atoms with van der Waals surface area (Å²) >= 11 is 4.64. The zero-order valence-corrected chi connectivity index (χ0v) is 15.2. The number of carbonyl (C=O) groups excluding carboxylic acids is 2. The first-order chi connectivity index (χ1) is 11.5. The second-order valence-corrected chi connectivity index (χ2v) is 6.81. The molecule has 2 aromatic rings. The van der Waals surface area contributed by atoms with Crippen molar-refractivity contribution in [2.75, 3.05) is 11.1 Å². The van der Waals surface area contributed by atoms with E-state index in [4.69, 9.17) is 4.74 Å². The Morgan fingerprint density at radius 1 is 1.21 bits per heavy atom. The Morgan fingerprint density at radius 2 is 1.88 bits per heavy atom. The van der Waals surface area contributed by atoms with Crippen LogP contribution in [0.25, 0.3) is 0 Å². The molecule has 1 atom stereocenters. The van der Waals surface area contributed by atoms with Crippen molar-refractivity contribution in [3.05, 3.63) is 58.8 Å². The number of benzene rings is 2. The second-order valence-electron chi connectivity index (χ2n) is 4.84. The van der Waals surface area contributed by atoms with Gasteiger partial charge in [-0.3, -0.25) is 9.59 Å². The van der Waals surface area contributed by atoms with Crippen molar-refractivity contribution in [2.45, 2.75) is 17.9 Å². The minimum Gasteiger partial charge on any atom is -0.452 e. The summed E-state index contributed by atoms with van der Waals surface area (Å²) in [7, 11) is 0. The topological polar surface area (TPSA) is 55.4 Å². The largest absolute Gasteiger partial charge is 0.452 e. The van der Waals surface area contributed by atoms with Crippen LogP contribution >= 0.6 is 27.7 Å². The van der Waals surface area contributed by atoms with Crippen LogP contribution in [0.2, 0.25) is 0 Å². The summed E-state index contributed by atoms with van der Waals surface area (Å²) in [5.74, 6) is -1.56. The Balaban J connectivity index is 1.81. The summed E-state index contributed by atoms with van der Waals surface area (Å²) in [6.07, 6.45) is -1.01. The van der Waals surface area contributed by atoms with Crippen LogP contribution in [0, 0.1) is 5.82 Å². The first-order valence-corrected chi connectivity index (χ1v) is 8.87. The zero-order chi connectivity index (χ0) is 17.5. The molecule has 0 aliphatic rings. The van der Waals surface area contributed by atoms with Crippen molar-refractivity contribution in [2.24, 2.45) is 0 Å². The molecule has 1 N–H and O–H groups in total. The lowest BCUT2D eigenvalue weighted by molar-refractivity contribution is -0.150. The molecule has 126 valence electrons. The fraction of sp³-hybridized carbons (Fsp3) is 0.176. The van der Waals surface area contributed by atoms with Crippen molar-refractivity contribution in [1.29, 1.82) is 0 Å². The molecule has 4 nitrogen and oxygen atoms in total. The predicted octanol–water partition coefficient (Wildman–Crippen LogP) is 4.25. The maximum atomic E-state index is 13.5. The molecule has 0 heterocycles. The van der Waals surface area contributed by atoms with E-state index in [0.717, 1.165) is 9.37 Å². The van der Waals surface area contributed by atoms with Crippen molar-refractivity contribution in [3.63, 3.8) is 0 Å². The maximum Gasteiger partial charge on any atom is 0.317 e. The van der Waals surface area contributed by atoms with Crippen molar-refractivity contribution in [3.8, 4) is 0 Å².